The van der Waals surface area contributed by atoms with E-state index >= 15 is 0 Å². The van der Waals surface area contributed by atoms with Crippen LogP contribution in [0.2, 0.25) is 0 Å². The summed E-state index contributed by atoms with van der Waals surface area (Å²) in [6.07, 6.45) is 4.63. The average Bonchev–Trinajstić information content (AvgIpc) is 2.41. The predicted octanol–water partition coefficient (Wildman–Crippen LogP) is 4.48. The van der Waals surface area contributed by atoms with Gasteiger partial charge in [0.2, 0.25) is 0 Å². The van der Waals surface area contributed by atoms with Crippen molar-refractivity contribution in [1.82, 2.24) is 4.98 Å². The lowest BCUT2D eigenvalue weighted by atomic mass is 10.3. The van der Waals surface area contributed by atoms with E-state index in [4.69, 9.17) is 0 Å². The molecule has 0 amide bonds. The highest BCUT2D eigenvalue weighted by Crippen LogP contribution is 2.33. The summed E-state index contributed by atoms with van der Waals surface area (Å²) in [5.41, 5.74) is 1.36. The number of hydrogen-bond acceptors (Lipinski definition) is 2. The Hall–Kier alpha value is -0.990. The van der Waals surface area contributed by atoms with Crippen LogP contribution in [-0.4, -0.2) is 17.8 Å². The second-order valence-electron chi connectivity index (χ2n) is 4.16. The van der Waals surface area contributed by atoms with E-state index in [0.29, 0.717) is 5.69 Å². The number of halogens is 2. The first-order valence-corrected chi connectivity index (χ1v) is 8.75. The first-order valence-electron chi connectivity index (χ1n) is 5.99. The first kappa shape index (κ1) is 14.4. The van der Waals surface area contributed by atoms with Crippen molar-refractivity contribution in [2.45, 2.75) is 6.92 Å². The summed E-state index contributed by atoms with van der Waals surface area (Å²) in [7, 11) is -0.241. The topological polar surface area (TPSA) is 24.9 Å². The number of benzene rings is 1. The van der Waals surface area contributed by atoms with Crippen LogP contribution in [0, 0.1) is 5.82 Å². The number of nitrogens with one attached hydrogen (secondary N) is 1. The van der Waals surface area contributed by atoms with Crippen molar-refractivity contribution >= 4 is 40.5 Å². The van der Waals surface area contributed by atoms with Crippen LogP contribution in [0.1, 0.15) is 6.92 Å². The number of hydrogen-bond donors (Lipinski definition) is 1. The van der Waals surface area contributed by atoms with Crippen LogP contribution in [0.4, 0.5) is 15.8 Å². The standard InChI is InChI=1S/C14H15BrFN2P/c1-3-19(2)14-6-7-17-9-13(14)18-12-5-4-10(15)8-11(12)16/h4-9,18H,3H2,1-2H3. The summed E-state index contributed by atoms with van der Waals surface area (Å²) in [5.74, 6) is -0.277. The van der Waals surface area contributed by atoms with Crippen LogP contribution in [0.3, 0.4) is 0 Å². The molecule has 100 valence electrons. The maximum absolute atomic E-state index is 13.8. The molecule has 2 aromatic rings. The van der Waals surface area contributed by atoms with Crippen LogP contribution >= 0.6 is 23.9 Å². The highest BCUT2D eigenvalue weighted by atomic mass is 79.9. The molecular formula is C14H15BrFN2P. The van der Waals surface area contributed by atoms with Gasteiger partial charge in [0, 0.05) is 16.0 Å². The Morgan fingerprint density at radius 3 is 2.79 bits per heavy atom. The van der Waals surface area contributed by atoms with Gasteiger partial charge < -0.3 is 5.32 Å². The van der Waals surface area contributed by atoms with Crippen molar-refractivity contribution in [2.24, 2.45) is 0 Å². The Balaban J connectivity index is 2.33. The summed E-state index contributed by atoms with van der Waals surface area (Å²) in [4.78, 5) is 4.12. The van der Waals surface area contributed by atoms with Crippen LogP contribution < -0.4 is 10.6 Å². The Labute approximate surface area is 122 Å². The molecule has 0 saturated heterocycles. The van der Waals surface area contributed by atoms with Gasteiger partial charge in [0.25, 0.3) is 0 Å². The molecule has 0 aliphatic heterocycles. The first-order chi connectivity index (χ1) is 9.11. The van der Waals surface area contributed by atoms with Gasteiger partial charge in [-0.05, 0) is 37.1 Å². The van der Waals surface area contributed by atoms with Gasteiger partial charge in [-0.3, -0.25) is 4.98 Å². The van der Waals surface area contributed by atoms with E-state index in [1.54, 1.807) is 18.5 Å². The molecule has 1 aromatic heterocycles. The molecule has 1 atom stereocenters. The largest absolute Gasteiger partial charge is 0.351 e. The second-order valence-corrected chi connectivity index (χ2v) is 7.58. The molecule has 0 aliphatic carbocycles. The third-order valence-corrected chi connectivity index (χ3v) is 5.54. The minimum Gasteiger partial charge on any atom is -0.351 e. The minimum atomic E-state index is -0.277. The molecule has 0 bridgehead atoms. The molecule has 19 heavy (non-hydrogen) atoms. The van der Waals surface area contributed by atoms with Gasteiger partial charge in [-0.15, -0.1) is 0 Å². The predicted molar refractivity (Wildman–Crippen MR) is 84.6 cm³/mol. The van der Waals surface area contributed by atoms with Gasteiger partial charge in [0.15, 0.2) is 0 Å². The fraction of sp³-hybridized carbons (Fsp3) is 0.214. The number of rotatable bonds is 4. The van der Waals surface area contributed by atoms with Crippen LogP contribution in [0.15, 0.2) is 41.1 Å². The number of aromatic nitrogens is 1. The lowest BCUT2D eigenvalue weighted by Crippen LogP contribution is -2.09. The van der Waals surface area contributed by atoms with Crippen LogP contribution in [0.5, 0.6) is 0 Å². The van der Waals surface area contributed by atoms with Crippen molar-refractivity contribution in [3.8, 4) is 0 Å². The zero-order chi connectivity index (χ0) is 13.8. The normalized spacial score (nSPS) is 12.2. The number of nitrogens with zero attached hydrogens (tertiary/aromatic N) is 1. The maximum Gasteiger partial charge on any atom is 0.147 e. The molecule has 1 N–H and O–H groups in total. The molecule has 0 radical (unpaired) electrons. The zero-order valence-electron chi connectivity index (χ0n) is 10.8. The van der Waals surface area contributed by atoms with Crippen LogP contribution in [-0.2, 0) is 0 Å². The molecule has 1 aromatic carbocycles. The highest BCUT2D eigenvalue weighted by Gasteiger charge is 2.10. The van der Waals surface area contributed by atoms with E-state index in [1.807, 2.05) is 12.1 Å². The van der Waals surface area contributed by atoms with E-state index in [1.165, 1.54) is 11.4 Å². The van der Waals surface area contributed by atoms with Gasteiger partial charge in [-0.2, -0.15) is 0 Å². The molecule has 5 heteroatoms. The van der Waals surface area contributed by atoms with Crippen molar-refractivity contribution in [3.63, 3.8) is 0 Å². The van der Waals surface area contributed by atoms with Gasteiger partial charge in [0.05, 0.1) is 17.6 Å². The van der Waals surface area contributed by atoms with Crippen molar-refractivity contribution in [3.05, 3.63) is 46.9 Å². The van der Waals surface area contributed by atoms with Gasteiger partial charge in [-0.25, -0.2) is 4.39 Å². The number of pyridine rings is 1. The van der Waals surface area contributed by atoms with E-state index in [0.717, 1.165) is 16.3 Å². The van der Waals surface area contributed by atoms with E-state index in [2.05, 4.69) is 39.8 Å². The van der Waals surface area contributed by atoms with Crippen molar-refractivity contribution < 1.29 is 4.39 Å². The minimum absolute atomic E-state index is 0.241. The van der Waals surface area contributed by atoms with Gasteiger partial charge in [-0.1, -0.05) is 30.8 Å². The van der Waals surface area contributed by atoms with E-state index < -0.39 is 0 Å². The Bertz CT molecular complexity index is 577. The molecule has 0 saturated carbocycles. The van der Waals surface area contributed by atoms with Crippen LogP contribution in [0.25, 0.3) is 0 Å². The smallest absolute Gasteiger partial charge is 0.147 e. The van der Waals surface area contributed by atoms with Gasteiger partial charge in [0.1, 0.15) is 5.82 Å². The third-order valence-electron chi connectivity index (χ3n) is 2.88. The third kappa shape index (κ3) is 3.52. The lowest BCUT2D eigenvalue weighted by Gasteiger charge is -2.16. The summed E-state index contributed by atoms with van der Waals surface area (Å²) < 4.78 is 14.6. The second kappa shape index (κ2) is 6.44. The van der Waals surface area contributed by atoms with E-state index in [-0.39, 0.29) is 13.7 Å². The average molecular weight is 341 g/mol. The molecular weight excluding hydrogens is 326 g/mol. The highest BCUT2D eigenvalue weighted by molar-refractivity contribution is 9.10. The van der Waals surface area contributed by atoms with E-state index in [9.17, 15) is 4.39 Å². The molecule has 2 rings (SSSR count). The monoisotopic (exact) mass is 340 g/mol. The molecule has 2 nitrogen and oxygen atoms in total. The lowest BCUT2D eigenvalue weighted by molar-refractivity contribution is 0.631. The fourth-order valence-electron chi connectivity index (χ4n) is 1.72. The Morgan fingerprint density at radius 2 is 2.11 bits per heavy atom. The maximum atomic E-state index is 13.8. The SMILES string of the molecule is CCP(C)c1ccncc1Nc1ccc(Br)cc1F. The number of anilines is 2. The fourth-order valence-corrected chi connectivity index (χ4v) is 3.24. The molecule has 1 unspecified atom stereocenters. The summed E-state index contributed by atoms with van der Waals surface area (Å²) in [6.45, 7) is 4.38. The molecule has 1 heterocycles. The summed E-state index contributed by atoms with van der Waals surface area (Å²) in [6, 6.07) is 7.00. The quantitative estimate of drug-likeness (QED) is 0.830. The molecule has 0 spiro atoms. The van der Waals surface area contributed by atoms with Gasteiger partial charge >= 0.3 is 0 Å². The van der Waals surface area contributed by atoms with Crippen molar-refractivity contribution in [1.29, 1.82) is 0 Å². The molecule has 0 aliphatic rings. The Morgan fingerprint density at radius 1 is 1.32 bits per heavy atom. The van der Waals surface area contributed by atoms with Crippen molar-refractivity contribution in [2.75, 3.05) is 18.1 Å². The Kier molecular flexibility index (Phi) is 4.89. The zero-order valence-corrected chi connectivity index (χ0v) is 13.3. The molecule has 0 fully saturated rings. The summed E-state index contributed by atoms with van der Waals surface area (Å²) >= 11 is 3.25. The summed E-state index contributed by atoms with van der Waals surface area (Å²) in [5, 5.41) is 4.36.